The van der Waals surface area contributed by atoms with Crippen molar-refractivity contribution in [2.45, 2.75) is 6.10 Å². The number of aliphatic hydroxyl groups excluding tert-OH is 1. The van der Waals surface area contributed by atoms with Crippen molar-refractivity contribution >= 4 is 17.8 Å². The van der Waals surface area contributed by atoms with Crippen LogP contribution in [0.5, 0.6) is 0 Å². The second-order valence-electron chi connectivity index (χ2n) is 4.07. The van der Waals surface area contributed by atoms with Gasteiger partial charge < -0.3 is 9.84 Å². The van der Waals surface area contributed by atoms with Crippen LogP contribution in [0.25, 0.3) is 0 Å². The van der Waals surface area contributed by atoms with Gasteiger partial charge in [0.1, 0.15) is 0 Å². The van der Waals surface area contributed by atoms with E-state index < -0.39 is 42.1 Å². The standard InChI is InChI=1S/C12H9F2NO5/c1-20-12(19)9(16)4-15-10(17)5-2-7(13)8(14)3-6(5)11(15)18/h2-3,9,16H,4H2,1H3. The fraction of sp³-hybridized carbons (Fsp3) is 0.250. The average Bonchev–Trinajstić information content (AvgIpc) is 2.64. The lowest BCUT2D eigenvalue weighted by Gasteiger charge is -2.16. The van der Waals surface area contributed by atoms with Crippen molar-refractivity contribution in [3.05, 3.63) is 34.9 Å². The van der Waals surface area contributed by atoms with Crippen LogP contribution in [0.1, 0.15) is 20.7 Å². The number of hydrogen-bond donors (Lipinski definition) is 1. The summed E-state index contributed by atoms with van der Waals surface area (Å²) in [6, 6.07) is 1.21. The quantitative estimate of drug-likeness (QED) is 0.629. The minimum atomic E-state index is -1.73. The molecule has 0 aliphatic carbocycles. The van der Waals surface area contributed by atoms with Crippen molar-refractivity contribution in [3.63, 3.8) is 0 Å². The van der Waals surface area contributed by atoms with E-state index >= 15 is 0 Å². The van der Waals surface area contributed by atoms with E-state index in [1.54, 1.807) is 0 Å². The van der Waals surface area contributed by atoms with Gasteiger partial charge in [-0.15, -0.1) is 0 Å². The Morgan fingerprint density at radius 3 is 2.10 bits per heavy atom. The number of imide groups is 1. The van der Waals surface area contributed by atoms with Crippen LogP contribution < -0.4 is 0 Å². The zero-order chi connectivity index (χ0) is 15.0. The maximum atomic E-state index is 13.1. The van der Waals surface area contributed by atoms with Crippen LogP contribution in [0.2, 0.25) is 0 Å². The van der Waals surface area contributed by atoms with Crippen LogP contribution in [-0.2, 0) is 9.53 Å². The smallest absolute Gasteiger partial charge is 0.336 e. The van der Waals surface area contributed by atoms with Gasteiger partial charge >= 0.3 is 5.97 Å². The number of carbonyl (C=O) groups is 3. The van der Waals surface area contributed by atoms with E-state index in [1.807, 2.05) is 0 Å². The van der Waals surface area contributed by atoms with Gasteiger partial charge in [0.2, 0.25) is 0 Å². The zero-order valence-electron chi connectivity index (χ0n) is 10.2. The molecule has 1 aliphatic rings. The van der Waals surface area contributed by atoms with Gasteiger partial charge in [0.15, 0.2) is 17.7 Å². The number of aliphatic hydroxyl groups is 1. The molecule has 106 valence electrons. The highest BCUT2D eigenvalue weighted by atomic mass is 19.2. The number of rotatable bonds is 3. The highest BCUT2D eigenvalue weighted by Crippen LogP contribution is 2.25. The number of fused-ring (bicyclic) bond motifs is 1. The average molecular weight is 285 g/mol. The number of β-amino-alcohol motifs (C(OH)–C–C–N with tert-alkyl or cyclic N) is 1. The fourth-order valence-electron chi connectivity index (χ4n) is 1.83. The van der Waals surface area contributed by atoms with E-state index in [4.69, 9.17) is 0 Å². The number of esters is 1. The van der Waals surface area contributed by atoms with Crippen LogP contribution in [-0.4, -0.2) is 47.5 Å². The van der Waals surface area contributed by atoms with E-state index in [0.717, 1.165) is 7.11 Å². The van der Waals surface area contributed by atoms with E-state index in [-0.39, 0.29) is 11.1 Å². The normalized spacial score (nSPS) is 15.3. The molecule has 0 aromatic heterocycles. The minimum absolute atomic E-state index is 0.314. The Hall–Kier alpha value is -2.35. The molecule has 0 spiro atoms. The molecule has 2 rings (SSSR count). The number of nitrogens with zero attached hydrogens (tertiary/aromatic N) is 1. The topological polar surface area (TPSA) is 83.9 Å². The third kappa shape index (κ3) is 2.14. The largest absolute Gasteiger partial charge is 0.467 e. The lowest BCUT2D eigenvalue weighted by atomic mass is 10.1. The molecule has 0 saturated carbocycles. The summed E-state index contributed by atoms with van der Waals surface area (Å²) in [5, 5.41) is 9.43. The minimum Gasteiger partial charge on any atom is -0.467 e. The number of halogens is 2. The van der Waals surface area contributed by atoms with Crippen LogP contribution in [0.15, 0.2) is 12.1 Å². The second-order valence-corrected chi connectivity index (χ2v) is 4.07. The summed E-state index contributed by atoms with van der Waals surface area (Å²) in [5.74, 6) is -5.38. The van der Waals surface area contributed by atoms with Crippen molar-refractivity contribution in [1.82, 2.24) is 4.90 Å². The van der Waals surface area contributed by atoms with E-state index in [9.17, 15) is 28.3 Å². The molecule has 1 unspecified atom stereocenters. The third-order valence-corrected chi connectivity index (χ3v) is 2.84. The summed E-state index contributed by atoms with van der Waals surface area (Å²) in [7, 11) is 1.03. The van der Waals surface area contributed by atoms with Gasteiger partial charge in [0.05, 0.1) is 24.8 Å². The van der Waals surface area contributed by atoms with Gasteiger partial charge in [0, 0.05) is 0 Å². The molecule has 0 saturated heterocycles. The first-order chi connectivity index (χ1) is 9.36. The van der Waals surface area contributed by atoms with Crippen LogP contribution in [0, 0.1) is 11.6 Å². The summed E-state index contributed by atoms with van der Waals surface area (Å²) < 4.78 is 30.4. The Labute approximate surface area is 111 Å². The molecular weight excluding hydrogens is 276 g/mol. The Balaban J connectivity index is 2.31. The van der Waals surface area contributed by atoms with Crippen LogP contribution >= 0.6 is 0 Å². The highest BCUT2D eigenvalue weighted by Gasteiger charge is 2.38. The predicted octanol–water partition coefficient (Wildman–Crippen LogP) is 0.0947. The first kappa shape index (κ1) is 14.1. The summed E-state index contributed by atoms with van der Waals surface area (Å²) in [6.45, 7) is -0.651. The van der Waals surface area contributed by atoms with Crippen molar-refractivity contribution in [1.29, 1.82) is 0 Å². The maximum absolute atomic E-state index is 13.1. The predicted molar refractivity (Wildman–Crippen MR) is 59.7 cm³/mol. The monoisotopic (exact) mass is 285 g/mol. The van der Waals surface area contributed by atoms with Crippen LogP contribution in [0.3, 0.4) is 0 Å². The second kappa shape index (κ2) is 4.97. The molecule has 0 fully saturated rings. The summed E-state index contributed by atoms with van der Waals surface area (Å²) >= 11 is 0. The van der Waals surface area contributed by atoms with Gasteiger partial charge in [0.25, 0.3) is 11.8 Å². The fourth-order valence-corrected chi connectivity index (χ4v) is 1.83. The molecular formula is C12H9F2NO5. The van der Waals surface area contributed by atoms with Gasteiger partial charge in [-0.05, 0) is 12.1 Å². The van der Waals surface area contributed by atoms with Gasteiger partial charge in [-0.25, -0.2) is 13.6 Å². The molecule has 1 aliphatic heterocycles. The Bertz CT molecular complexity index is 575. The lowest BCUT2D eigenvalue weighted by Crippen LogP contribution is -2.40. The molecule has 1 heterocycles. The molecule has 1 aromatic rings. The molecule has 6 nitrogen and oxygen atoms in total. The third-order valence-electron chi connectivity index (χ3n) is 2.84. The number of benzene rings is 1. The highest BCUT2D eigenvalue weighted by molar-refractivity contribution is 6.21. The molecule has 2 amide bonds. The van der Waals surface area contributed by atoms with Gasteiger partial charge in [-0.3, -0.25) is 14.5 Å². The first-order valence-corrected chi connectivity index (χ1v) is 5.48. The summed E-state index contributed by atoms with van der Waals surface area (Å²) in [5.41, 5.74) is -0.628. The molecule has 0 radical (unpaired) electrons. The number of methoxy groups -OCH3 is 1. The molecule has 20 heavy (non-hydrogen) atoms. The SMILES string of the molecule is COC(=O)C(O)CN1C(=O)c2cc(F)c(F)cc2C1=O. The Morgan fingerprint density at radius 2 is 1.70 bits per heavy atom. The number of amides is 2. The molecule has 1 N–H and O–H groups in total. The van der Waals surface area contributed by atoms with E-state index in [1.165, 1.54) is 0 Å². The van der Waals surface area contributed by atoms with Gasteiger partial charge in [-0.2, -0.15) is 0 Å². The van der Waals surface area contributed by atoms with Crippen LogP contribution in [0.4, 0.5) is 8.78 Å². The van der Waals surface area contributed by atoms with Crippen molar-refractivity contribution in [3.8, 4) is 0 Å². The van der Waals surface area contributed by atoms with Gasteiger partial charge in [-0.1, -0.05) is 0 Å². The number of carbonyl (C=O) groups excluding carboxylic acids is 3. The number of ether oxygens (including phenoxy) is 1. The molecule has 8 heteroatoms. The summed E-state index contributed by atoms with van der Waals surface area (Å²) in [4.78, 5) is 35.3. The number of hydrogen-bond acceptors (Lipinski definition) is 5. The van der Waals surface area contributed by atoms with Crippen molar-refractivity contribution < 1.29 is 33.0 Å². The van der Waals surface area contributed by atoms with E-state index in [0.29, 0.717) is 17.0 Å². The first-order valence-electron chi connectivity index (χ1n) is 5.48. The lowest BCUT2D eigenvalue weighted by molar-refractivity contribution is -0.150. The van der Waals surface area contributed by atoms with Crippen molar-refractivity contribution in [2.75, 3.05) is 13.7 Å². The maximum Gasteiger partial charge on any atom is 0.336 e. The Morgan fingerprint density at radius 1 is 1.25 bits per heavy atom. The molecule has 0 bridgehead atoms. The molecule has 1 aromatic carbocycles. The van der Waals surface area contributed by atoms with E-state index in [2.05, 4.69) is 4.74 Å². The summed E-state index contributed by atoms with van der Waals surface area (Å²) in [6.07, 6.45) is -1.73. The van der Waals surface area contributed by atoms with Crippen molar-refractivity contribution in [2.24, 2.45) is 0 Å². The molecule has 1 atom stereocenters. The zero-order valence-corrected chi connectivity index (χ0v) is 10.2. The Kier molecular flexibility index (Phi) is 3.49.